The number of benzene rings is 1. The van der Waals surface area contributed by atoms with E-state index in [0.717, 1.165) is 35.9 Å². The second-order valence-electron chi connectivity index (χ2n) is 4.92. The molecule has 1 heterocycles. The fraction of sp³-hybridized carbons (Fsp3) is 0.400. The van der Waals surface area contributed by atoms with Gasteiger partial charge in [0.15, 0.2) is 0 Å². The summed E-state index contributed by atoms with van der Waals surface area (Å²) in [6.07, 6.45) is 1.12. The summed E-state index contributed by atoms with van der Waals surface area (Å²) >= 11 is 1.72. The second-order valence-corrected chi connectivity index (χ2v) is 5.86. The van der Waals surface area contributed by atoms with E-state index >= 15 is 0 Å². The van der Waals surface area contributed by atoms with Gasteiger partial charge in [0.05, 0.1) is 0 Å². The lowest BCUT2D eigenvalue weighted by Crippen LogP contribution is -2.16. The van der Waals surface area contributed by atoms with Crippen molar-refractivity contribution in [3.63, 3.8) is 0 Å². The molecule has 0 saturated heterocycles. The van der Waals surface area contributed by atoms with Crippen molar-refractivity contribution in [3.8, 4) is 0 Å². The van der Waals surface area contributed by atoms with Crippen molar-refractivity contribution in [2.75, 3.05) is 12.3 Å². The van der Waals surface area contributed by atoms with Crippen molar-refractivity contribution in [1.29, 1.82) is 0 Å². The maximum Gasteiger partial charge on any atom is 0.107 e. The number of hydrogen-bond acceptors (Lipinski definition) is 4. The highest BCUT2D eigenvalue weighted by molar-refractivity contribution is 7.09. The highest BCUT2D eigenvalue weighted by Crippen LogP contribution is 2.19. The molecule has 0 amide bonds. The first-order valence-electron chi connectivity index (χ1n) is 6.62. The van der Waals surface area contributed by atoms with Crippen LogP contribution in [0.5, 0.6) is 0 Å². The fourth-order valence-corrected chi connectivity index (χ4v) is 2.73. The number of aromatic nitrogens is 1. The zero-order chi connectivity index (χ0) is 13.7. The first-order valence-corrected chi connectivity index (χ1v) is 7.50. The third-order valence-corrected chi connectivity index (χ3v) is 4.17. The van der Waals surface area contributed by atoms with Gasteiger partial charge in [0.1, 0.15) is 5.01 Å². The molecule has 102 valence electrons. The molecule has 0 aliphatic carbocycles. The molecule has 1 aromatic carbocycles. The van der Waals surface area contributed by atoms with Gasteiger partial charge in [-0.15, -0.1) is 11.3 Å². The maximum atomic E-state index is 5.70. The summed E-state index contributed by atoms with van der Waals surface area (Å²) in [7, 11) is 0. The van der Waals surface area contributed by atoms with E-state index in [1.807, 2.05) is 19.1 Å². The number of rotatable bonds is 6. The van der Waals surface area contributed by atoms with E-state index in [4.69, 9.17) is 5.73 Å². The Balaban J connectivity index is 1.72. The molecule has 0 bridgehead atoms. The third-order valence-electron chi connectivity index (χ3n) is 3.20. The van der Waals surface area contributed by atoms with Crippen molar-refractivity contribution in [2.24, 2.45) is 0 Å². The zero-order valence-electron chi connectivity index (χ0n) is 11.5. The number of anilines is 1. The minimum atomic E-state index is 0.547. The molecule has 1 atom stereocenters. The maximum absolute atomic E-state index is 5.70. The smallest absolute Gasteiger partial charge is 0.107 e. The molecule has 0 aliphatic heterocycles. The molecular formula is C15H21N3S. The molecule has 3 nitrogen and oxygen atoms in total. The Bertz CT molecular complexity index is 504. The highest BCUT2D eigenvalue weighted by atomic mass is 32.1. The van der Waals surface area contributed by atoms with E-state index in [1.54, 1.807) is 11.3 Å². The van der Waals surface area contributed by atoms with Crippen LogP contribution in [-0.4, -0.2) is 11.5 Å². The van der Waals surface area contributed by atoms with Crippen molar-refractivity contribution in [3.05, 3.63) is 45.9 Å². The van der Waals surface area contributed by atoms with Gasteiger partial charge in [-0.3, -0.25) is 0 Å². The van der Waals surface area contributed by atoms with E-state index in [0.29, 0.717) is 5.92 Å². The van der Waals surface area contributed by atoms with Gasteiger partial charge in [-0.05, 0) is 43.5 Å². The summed E-state index contributed by atoms with van der Waals surface area (Å²) in [5.74, 6) is 0.547. The van der Waals surface area contributed by atoms with E-state index < -0.39 is 0 Å². The molecule has 1 unspecified atom stereocenters. The Morgan fingerprint density at radius 2 is 2.05 bits per heavy atom. The zero-order valence-corrected chi connectivity index (χ0v) is 12.3. The van der Waals surface area contributed by atoms with Crippen LogP contribution in [0.15, 0.2) is 29.6 Å². The van der Waals surface area contributed by atoms with Gasteiger partial charge in [-0.25, -0.2) is 4.98 Å². The Morgan fingerprint density at radius 1 is 1.32 bits per heavy atom. The summed E-state index contributed by atoms with van der Waals surface area (Å²) in [5.41, 5.74) is 8.98. The molecule has 19 heavy (non-hydrogen) atoms. The third kappa shape index (κ3) is 4.33. The van der Waals surface area contributed by atoms with Crippen LogP contribution >= 0.6 is 11.3 Å². The summed E-state index contributed by atoms with van der Waals surface area (Å²) in [5, 5.41) is 6.71. The average molecular weight is 275 g/mol. The van der Waals surface area contributed by atoms with Crippen molar-refractivity contribution >= 4 is 17.0 Å². The molecular weight excluding hydrogens is 254 g/mol. The average Bonchev–Trinajstić information content (AvgIpc) is 2.81. The topological polar surface area (TPSA) is 50.9 Å². The quantitative estimate of drug-likeness (QED) is 0.628. The van der Waals surface area contributed by atoms with Gasteiger partial charge in [-0.1, -0.05) is 19.1 Å². The van der Waals surface area contributed by atoms with Crippen LogP contribution in [-0.2, 0) is 6.54 Å². The minimum Gasteiger partial charge on any atom is -0.399 e. The van der Waals surface area contributed by atoms with Crippen molar-refractivity contribution < 1.29 is 0 Å². The fourth-order valence-electron chi connectivity index (χ4n) is 1.99. The van der Waals surface area contributed by atoms with Crippen LogP contribution in [0.1, 0.15) is 35.5 Å². The van der Waals surface area contributed by atoms with Gasteiger partial charge >= 0.3 is 0 Å². The predicted octanol–water partition coefficient (Wildman–Crippen LogP) is 3.32. The SMILES string of the molecule is Cc1csc(CNCCC(C)c2ccc(N)cc2)n1. The number of nitrogen functional groups attached to an aromatic ring is 1. The number of thiazole rings is 1. The van der Waals surface area contributed by atoms with Crippen molar-refractivity contribution in [1.82, 2.24) is 10.3 Å². The van der Waals surface area contributed by atoms with Crippen LogP contribution in [0.4, 0.5) is 5.69 Å². The lowest BCUT2D eigenvalue weighted by molar-refractivity contribution is 0.593. The van der Waals surface area contributed by atoms with Crippen LogP contribution in [0.2, 0.25) is 0 Å². The molecule has 2 rings (SSSR count). The van der Waals surface area contributed by atoms with Crippen LogP contribution in [0.3, 0.4) is 0 Å². The van der Waals surface area contributed by atoms with Gasteiger partial charge in [-0.2, -0.15) is 0 Å². The number of hydrogen-bond donors (Lipinski definition) is 2. The van der Waals surface area contributed by atoms with Crippen LogP contribution in [0, 0.1) is 6.92 Å². The largest absolute Gasteiger partial charge is 0.399 e. The lowest BCUT2D eigenvalue weighted by Gasteiger charge is -2.12. The number of aryl methyl sites for hydroxylation is 1. The van der Waals surface area contributed by atoms with E-state index in [1.165, 1.54) is 5.56 Å². The molecule has 1 aromatic heterocycles. The monoisotopic (exact) mass is 275 g/mol. The molecule has 2 aromatic rings. The number of nitrogens with two attached hydrogens (primary N) is 1. The molecule has 0 fully saturated rings. The molecule has 4 heteroatoms. The number of nitrogens with zero attached hydrogens (tertiary/aromatic N) is 1. The Morgan fingerprint density at radius 3 is 2.68 bits per heavy atom. The predicted molar refractivity (Wildman–Crippen MR) is 82.4 cm³/mol. The van der Waals surface area contributed by atoms with Gasteiger partial charge < -0.3 is 11.1 Å². The lowest BCUT2D eigenvalue weighted by atomic mass is 9.98. The molecule has 3 N–H and O–H groups in total. The molecule has 0 saturated carbocycles. The molecule has 0 aliphatic rings. The van der Waals surface area contributed by atoms with Gasteiger partial charge in [0, 0.05) is 23.3 Å². The summed E-state index contributed by atoms with van der Waals surface area (Å²) in [6.45, 7) is 6.15. The first kappa shape index (κ1) is 14.0. The van der Waals surface area contributed by atoms with E-state index in [-0.39, 0.29) is 0 Å². The highest BCUT2D eigenvalue weighted by Gasteiger charge is 2.05. The minimum absolute atomic E-state index is 0.547. The van der Waals surface area contributed by atoms with E-state index in [2.05, 4.69) is 34.7 Å². The Labute approximate surface area is 118 Å². The summed E-state index contributed by atoms with van der Waals surface area (Å²) in [6, 6.07) is 8.17. The summed E-state index contributed by atoms with van der Waals surface area (Å²) in [4.78, 5) is 4.44. The van der Waals surface area contributed by atoms with Crippen LogP contribution < -0.4 is 11.1 Å². The first-order chi connectivity index (χ1) is 9.15. The van der Waals surface area contributed by atoms with Gasteiger partial charge in [0.2, 0.25) is 0 Å². The van der Waals surface area contributed by atoms with E-state index in [9.17, 15) is 0 Å². The normalized spacial score (nSPS) is 12.5. The second kappa shape index (κ2) is 6.68. The standard InChI is InChI=1S/C15H21N3S/c1-11(13-3-5-14(16)6-4-13)7-8-17-9-15-18-12(2)10-19-15/h3-6,10-11,17H,7-9,16H2,1-2H3. The Hall–Kier alpha value is -1.39. The Kier molecular flexibility index (Phi) is 4.93. The number of nitrogens with one attached hydrogen (secondary N) is 1. The van der Waals surface area contributed by atoms with Crippen LogP contribution in [0.25, 0.3) is 0 Å². The van der Waals surface area contributed by atoms with Gasteiger partial charge in [0.25, 0.3) is 0 Å². The summed E-state index contributed by atoms with van der Waals surface area (Å²) < 4.78 is 0. The molecule has 0 spiro atoms. The molecule has 0 radical (unpaired) electrons. The van der Waals surface area contributed by atoms with Crippen molar-refractivity contribution in [2.45, 2.75) is 32.7 Å².